The molecule has 0 bridgehead atoms. The Morgan fingerprint density at radius 2 is 2.09 bits per heavy atom. The van der Waals surface area contributed by atoms with E-state index in [1.165, 1.54) is 27.7 Å². The van der Waals surface area contributed by atoms with Crippen LogP contribution in [0.4, 0.5) is 0 Å². The summed E-state index contributed by atoms with van der Waals surface area (Å²) in [5.74, 6) is 0.323. The molecule has 0 fully saturated rings. The second-order valence-electron chi connectivity index (χ2n) is 6.30. The van der Waals surface area contributed by atoms with E-state index < -0.39 is 0 Å². The molecule has 4 heteroatoms. The SMILES string of the molecule is C=CC(=O)N(CC)CC(=O)N1CCc2cc(C(C)C)ccc2C1. The van der Waals surface area contributed by atoms with Gasteiger partial charge in [-0.1, -0.05) is 38.6 Å². The van der Waals surface area contributed by atoms with Crippen molar-refractivity contribution in [3.05, 3.63) is 47.5 Å². The Morgan fingerprint density at radius 1 is 1.35 bits per heavy atom. The normalized spacial score (nSPS) is 13.7. The summed E-state index contributed by atoms with van der Waals surface area (Å²) in [7, 11) is 0. The summed E-state index contributed by atoms with van der Waals surface area (Å²) >= 11 is 0. The molecule has 1 aromatic carbocycles. The molecule has 1 aliphatic heterocycles. The Kier molecular flexibility index (Phi) is 5.59. The standard InChI is InChI=1S/C19H26N2O2/c1-5-18(22)20(6-2)13-19(23)21-10-9-16-11-15(14(3)4)7-8-17(16)12-21/h5,7-8,11,14H,1,6,9-10,12-13H2,2-4H3. The highest BCUT2D eigenvalue weighted by atomic mass is 16.2. The van der Waals surface area contributed by atoms with E-state index in [0.29, 0.717) is 25.6 Å². The molecule has 124 valence electrons. The van der Waals surface area contributed by atoms with Crippen LogP contribution < -0.4 is 0 Å². The molecule has 0 spiro atoms. The molecule has 1 aliphatic rings. The topological polar surface area (TPSA) is 40.6 Å². The smallest absolute Gasteiger partial charge is 0.246 e. The Bertz CT molecular complexity index is 607. The third-order valence-electron chi connectivity index (χ3n) is 4.46. The number of rotatable bonds is 5. The third kappa shape index (κ3) is 4.01. The van der Waals surface area contributed by atoms with Gasteiger partial charge >= 0.3 is 0 Å². The maximum Gasteiger partial charge on any atom is 0.246 e. The van der Waals surface area contributed by atoms with Crippen molar-refractivity contribution in [2.75, 3.05) is 19.6 Å². The predicted octanol–water partition coefficient (Wildman–Crippen LogP) is 2.73. The fraction of sp³-hybridized carbons (Fsp3) is 0.474. The predicted molar refractivity (Wildman–Crippen MR) is 92.1 cm³/mol. The van der Waals surface area contributed by atoms with Gasteiger partial charge in [-0.15, -0.1) is 0 Å². The Balaban J connectivity index is 2.05. The summed E-state index contributed by atoms with van der Waals surface area (Å²) in [6.07, 6.45) is 2.14. The van der Waals surface area contributed by atoms with E-state index in [4.69, 9.17) is 0 Å². The zero-order chi connectivity index (χ0) is 17.0. The Hall–Kier alpha value is -2.10. The van der Waals surface area contributed by atoms with Gasteiger partial charge in [0.05, 0.1) is 0 Å². The molecular formula is C19H26N2O2. The van der Waals surface area contributed by atoms with Crippen molar-refractivity contribution in [2.45, 2.75) is 39.7 Å². The Labute approximate surface area is 138 Å². The van der Waals surface area contributed by atoms with Crippen LogP contribution in [0.2, 0.25) is 0 Å². The minimum Gasteiger partial charge on any atom is -0.336 e. The molecule has 0 N–H and O–H groups in total. The summed E-state index contributed by atoms with van der Waals surface area (Å²) in [5.41, 5.74) is 3.90. The molecule has 4 nitrogen and oxygen atoms in total. The van der Waals surface area contributed by atoms with Crippen molar-refractivity contribution in [1.82, 2.24) is 9.80 Å². The monoisotopic (exact) mass is 314 g/mol. The first kappa shape index (κ1) is 17.3. The quantitative estimate of drug-likeness (QED) is 0.784. The molecule has 0 aliphatic carbocycles. The molecule has 0 unspecified atom stereocenters. The lowest BCUT2D eigenvalue weighted by Crippen LogP contribution is -2.44. The summed E-state index contributed by atoms with van der Waals surface area (Å²) in [6.45, 7) is 11.7. The minimum absolute atomic E-state index is 0.000589. The average Bonchev–Trinajstić information content (AvgIpc) is 2.57. The average molecular weight is 314 g/mol. The molecule has 0 saturated heterocycles. The number of amides is 2. The van der Waals surface area contributed by atoms with Crippen molar-refractivity contribution < 1.29 is 9.59 Å². The lowest BCUT2D eigenvalue weighted by atomic mass is 9.93. The van der Waals surface area contributed by atoms with Gasteiger partial charge in [-0.05, 0) is 42.0 Å². The molecular weight excluding hydrogens is 288 g/mol. The molecule has 23 heavy (non-hydrogen) atoms. The van der Waals surface area contributed by atoms with Gasteiger partial charge in [-0.2, -0.15) is 0 Å². The summed E-state index contributed by atoms with van der Waals surface area (Å²) < 4.78 is 0. The van der Waals surface area contributed by atoms with Gasteiger partial charge in [0, 0.05) is 19.6 Å². The molecule has 2 rings (SSSR count). The molecule has 0 atom stereocenters. The fourth-order valence-electron chi connectivity index (χ4n) is 2.88. The molecule has 0 aromatic heterocycles. The number of nitrogens with zero attached hydrogens (tertiary/aromatic N) is 2. The maximum atomic E-state index is 12.5. The number of carbonyl (C=O) groups is 2. The first-order valence-corrected chi connectivity index (χ1v) is 8.27. The van der Waals surface area contributed by atoms with E-state index in [1.54, 1.807) is 0 Å². The van der Waals surface area contributed by atoms with Crippen molar-refractivity contribution >= 4 is 11.8 Å². The molecule has 0 saturated carbocycles. The number of likely N-dealkylation sites (N-methyl/N-ethyl adjacent to an activating group) is 1. The van der Waals surface area contributed by atoms with E-state index in [-0.39, 0.29) is 18.4 Å². The van der Waals surface area contributed by atoms with Gasteiger partial charge < -0.3 is 9.80 Å². The van der Waals surface area contributed by atoms with Crippen molar-refractivity contribution in [3.8, 4) is 0 Å². The number of fused-ring (bicyclic) bond motifs is 1. The summed E-state index contributed by atoms with van der Waals surface area (Å²) in [5, 5.41) is 0. The fourth-order valence-corrected chi connectivity index (χ4v) is 2.88. The molecule has 2 amide bonds. The van der Waals surface area contributed by atoms with E-state index in [9.17, 15) is 9.59 Å². The number of carbonyl (C=O) groups excluding carboxylic acids is 2. The zero-order valence-corrected chi connectivity index (χ0v) is 14.3. The van der Waals surface area contributed by atoms with Gasteiger partial charge in [0.25, 0.3) is 0 Å². The van der Waals surface area contributed by atoms with Crippen LogP contribution in [0.1, 0.15) is 43.4 Å². The van der Waals surface area contributed by atoms with E-state index in [1.807, 2.05) is 11.8 Å². The summed E-state index contributed by atoms with van der Waals surface area (Å²) in [4.78, 5) is 27.5. The largest absolute Gasteiger partial charge is 0.336 e. The van der Waals surface area contributed by atoms with Gasteiger partial charge in [-0.3, -0.25) is 9.59 Å². The van der Waals surface area contributed by atoms with Crippen LogP contribution in [0, 0.1) is 0 Å². The van der Waals surface area contributed by atoms with Crippen LogP contribution in [0.5, 0.6) is 0 Å². The van der Waals surface area contributed by atoms with Crippen LogP contribution in [0.3, 0.4) is 0 Å². The molecule has 1 heterocycles. The maximum absolute atomic E-state index is 12.5. The van der Waals surface area contributed by atoms with Gasteiger partial charge in [0.1, 0.15) is 6.54 Å². The van der Waals surface area contributed by atoms with Crippen LogP contribution in [0.25, 0.3) is 0 Å². The van der Waals surface area contributed by atoms with E-state index >= 15 is 0 Å². The number of hydrogen-bond acceptors (Lipinski definition) is 2. The number of benzene rings is 1. The van der Waals surface area contributed by atoms with Gasteiger partial charge in [0.2, 0.25) is 11.8 Å². The first-order chi connectivity index (χ1) is 11.0. The van der Waals surface area contributed by atoms with Crippen LogP contribution >= 0.6 is 0 Å². The van der Waals surface area contributed by atoms with Crippen molar-refractivity contribution in [3.63, 3.8) is 0 Å². The molecule has 1 aromatic rings. The van der Waals surface area contributed by atoms with Gasteiger partial charge in [-0.25, -0.2) is 0 Å². The first-order valence-electron chi connectivity index (χ1n) is 8.27. The highest BCUT2D eigenvalue weighted by Gasteiger charge is 2.23. The van der Waals surface area contributed by atoms with Crippen LogP contribution in [0.15, 0.2) is 30.9 Å². The van der Waals surface area contributed by atoms with Crippen molar-refractivity contribution in [2.24, 2.45) is 0 Å². The highest BCUT2D eigenvalue weighted by molar-refractivity contribution is 5.90. The van der Waals surface area contributed by atoms with E-state index in [0.717, 1.165) is 6.42 Å². The number of hydrogen-bond donors (Lipinski definition) is 0. The third-order valence-corrected chi connectivity index (χ3v) is 4.46. The molecule has 0 radical (unpaired) electrons. The minimum atomic E-state index is -0.195. The lowest BCUT2D eigenvalue weighted by Gasteiger charge is -2.31. The van der Waals surface area contributed by atoms with Crippen LogP contribution in [-0.4, -0.2) is 41.2 Å². The van der Waals surface area contributed by atoms with Crippen LogP contribution in [-0.2, 0) is 22.6 Å². The van der Waals surface area contributed by atoms with Gasteiger partial charge in [0.15, 0.2) is 0 Å². The van der Waals surface area contributed by atoms with Crippen molar-refractivity contribution in [1.29, 1.82) is 0 Å². The lowest BCUT2D eigenvalue weighted by molar-refractivity contribution is -0.138. The second kappa shape index (κ2) is 7.44. The van der Waals surface area contributed by atoms with E-state index in [2.05, 4.69) is 38.6 Å². The summed E-state index contributed by atoms with van der Waals surface area (Å²) in [6, 6.07) is 6.55. The Morgan fingerprint density at radius 3 is 2.70 bits per heavy atom. The zero-order valence-electron chi connectivity index (χ0n) is 14.3. The highest BCUT2D eigenvalue weighted by Crippen LogP contribution is 2.24. The second-order valence-corrected chi connectivity index (χ2v) is 6.30.